The monoisotopic (exact) mass is 374 g/mol. The fourth-order valence-electron chi connectivity index (χ4n) is 5.53. The van der Waals surface area contributed by atoms with Crippen LogP contribution >= 0.6 is 0 Å². The predicted molar refractivity (Wildman–Crippen MR) is 99.5 cm³/mol. The minimum Gasteiger partial charge on any atom is -0.445 e. The smallest absolute Gasteiger partial charge is 0.411 e. The van der Waals surface area contributed by atoms with E-state index in [4.69, 9.17) is 9.47 Å². The molecule has 5 rings (SSSR count). The van der Waals surface area contributed by atoms with E-state index >= 15 is 0 Å². The molecule has 0 spiro atoms. The van der Waals surface area contributed by atoms with Crippen molar-refractivity contribution in [2.75, 3.05) is 11.9 Å². The van der Waals surface area contributed by atoms with Gasteiger partial charge >= 0.3 is 6.09 Å². The summed E-state index contributed by atoms with van der Waals surface area (Å²) in [5, 5.41) is 13.4. The summed E-state index contributed by atoms with van der Waals surface area (Å²) < 4.78 is 12.1. The molecule has 0 heterocycles. The Morgan fingerprint density at radius 1 is 1.22 bits per heavy atom. The number of hydrogen-bond acceptors (Lipinski definition) is 5. The van der Waals surface area contributed by atoms with Gasteiger partial charge in [-0.25, -0.2) is 4.79 Å². The molecule has 4 bridgehead atoms. The van der Waals surface area contributed by atoms with Crippen LogP contribution in [0, 0.1) is 27.9 Å². The number of amides is 1. The zero-order valence-corrected chi connectivity index (χ0v) is 15.6. The third-order valence-corrected chi connectivity index (χ3v) is 6.31. The normalized spacial score (nSPS) is 33.7. The first kappa shape index (κ1) is 18.2. The lowest BCUT2D eigenvalue weighted by atomic mass is 9.53. The van der Waals surface area contributed by atoms with Gasteiger partial charge in [-0.05, 0) is 68.4 Å². The van der Waals surface area contributed by atoms with Gasteiger partial charge in [0.2, 0.25) is 0 Å². The Labute approximate surface area is 158 Å². The van der Waals surface area contributed by atoms with E-state index in [1.807, 2.05) is 0 Å². The van der Waals surface area contributed by atoms with Crippen molar-refractivity contribution in [1.82, 2.24) is 0 Å². The van der Waals surface area contributed by atoms with Crippen molar-refractivity contribution in [3.63, 3.8) is 0 Å². The molecular formula is C20H26N2O5. The quantitative estimate of drug-likeness (QED) is 0.584. The largest absolute Gasteiger partial charge is 0.445 e. The van der Waals surface area contributed by atoms with Gasteiger partial charge in [-0.3, -0.25) is 15.4 Å². The van der Waals surface area contributed by atoms with Crippen LogP contribution in [-0.4, -0.2) is 29.3 Å². The van der Waals surface area contributed by atoms with E-state index in [-0.39, 0.29) is 17.4 Å². The maximum absolute atomic E-state index is 12.4. The van der Waals surface area contributed by atoms with Crippen molar-refractivity contribution in [3.05, 3.63) is 34.4 Å². The van der Waals surface area contributed by atoms with Crippen LogP contribution in [0.25, 0.3) is 0 Å². The molecule has 4 saturated carbocycles. The van der Waals surface area contributed by atoms with Crippen molar-refractivity contribution in [2.45, 2.75) is 57.2 Å². The maximum Gasteiger partial charge on any atom is 0.411 e. The summed E-state index contributed by atoms with van der Waals surface area (Å²) in [6.45, 7) is 2.94. The van der Waals surface area contributed by atoms with Crippen molar-refractivity contribution in [2.24, 2.45) is 17.8 Å². The number of nitro benzene ring substituents is 1. The van der Waals surface area contributed by atoms with Gasteiger partial charge in [-0.2, -0.15) is 0 Å². The number of non-ortho nitro benzene ring substituents is 1. The standard InChI is InChI=1S/C20H26N2O5/c1-2-7-26-20-10-13-8-14(11-20)18(15(9-13)12-20)27-19(23)21-16-3-5-17(6-4-16)22(24)25/h3-6,13-15,18H,2,7-12H2,1H3,(H,21,23). The van der Waals surface area contributed by atoms with E-state index in [1.54, 1.807) is 0 Å². The number of carbonyl (C=O) groups excluding carboxylic acids is 1. The molecule has 0 aromatic heterocycles. The van der Waals surface area contributed by atoms with Crippen LogP contribution in [0.3, 0.4) is 0 Å². The summed E-state index contributed by atoms with van der Waals surface area (Å²) >= 11 is 0. The van der Waals surface area contributed by atoms with Crippen molar-refractivity contribution in [1.29, 1.82) is 0 Å². The molecule has 27 heavy (non-hydrogen) atoms. The molecule has 1 aromatic carbocycles. The lowest BCUT2D eigenvalue weighted by molar-refractivity contribution is -0.384. The Morgan fingerprint density at radius 3 is 2.48 bits per heavy atom. The first-order valence-corrected chi connectivity index (χ1v) is 9.84. The highest BCUT2D eigenvalue weighted by atomic mass is 16.6. The Balaban J connectivity index is 1.37. The molecule has 4 aliphatic carbocycles. The molecule has 2 atom stereocenters. The summed E-state index contributed by atoms with van der Waals surface area (Å²) in [6, 6.07) is 5.77. The van der Waals surface area contributed by atoms with Gasteiger partial charge in [0.1, 0.15) is 6.10 Å². The van der Waals surface area contributed by atoms with Gasteiger partial charge in [0.25, 0.3) is 5.69 Å². The van der Waals surface area contributed by atoms with Crippen LogP contribution in [0.1, 0.15) is 45.4 Å². The van der Waals surface area contributed by atoms with Gasteiger partial charge in [0.15, 0.2) is 0 Å². The topological polar surface area (TPSA) is 90.7 Å². The number of benzene rings is 1. The highest BCUT2D eigenvalue weighted by Gasteiger charge is 2.57. The first-order chi connectivity index (χ1) is 13.0. The highest BCUT2D eigenvalue weighted by molar-refractivity contribution is 5.84. The molecule has 2 unspecified atom stereocenters. The molecule has 7 nitrogen and oxygen atoms in total. The minimum absolute atomic E-state index is 0.00120. The lowest BCUT2D eigenvalue weighted by Gasteiger charge is -2.58. The van der Waals surface area contributed by atoms with Crippen LogP contribution in [0.2, 0.25) is 0 Å². The number of ether oxygens (including phenoxy) is 2. The molecule has 4 aliphatic rings. The van der Waals surface area contributed by atoms with Crippen LogP contribution < -0.4 is 5.32 Å². The Bertz CT molecular complexity index is 704. The summed E-state index contributed by atoms with van der Waals surface area (Å²) in [5.74, 6) is 1.43. The van der Waals surface area contributed by atoms with Gasteiger partial charge in [-0.1, -0.05) is 6.92 Å². The molecule has 146 valence electrons. The number of nitrogens with one attached hydrogen (secondary N) is 1. The van der Waals surface area contributed by atoms with Crippen molar-refractivity contribution >= 4 is 17.5 Å². The molecule has 0 radical (unpaired) electrons. The molecular weight excluding hydrogens is 348 g/mol. The summed E-state index contributed by atoms with van der Waals surface area (Å²) in [4.78, 5) is 22.6. The fourth-order valence-corrected chi connectivity index (χ4v) is 5.53. The fraction of sp³-hybridized carbons (Fsp3) is 0.650. The first-order valence-electron chi connectivity index (χ1n) is 9.84. The van der Waals surface area contributed by atoms with E-state index in [0.29, 0.717) is 23.4 Å². The number of anilines is 1. The van der Waals surface area contributed by atoms with Crippen molar-refractivity contribution in [3.8, 4) is 0 Å². The minimum atomic E-state index is -0.482. The number of nitrogens with zero attached hydrogens (tertiary/aromatic N) is 1. The summed E-state index contributed by atoms with van der Waals surface area (Å²) in [5.41, 5.74) is 0.491. The number of hydrogen-bond donors (Lipinski definition) is 1. The van der Waals surface area contributed by atoms with E-state index in [9.17, 15) is 14.9 Å². The predicted octanol–water partition coefficient (Wildman–Crippen LogP) is 4.52. The Morgan fingerprint density at radius 2 is 1.89 bits per heavy atom. The second kappa shape index (κ2) is 7.11. The van der Waals surface area contributed by atoms with Crippen LogP contribution in [0.15, 0.2) is 24.3 Å². The molecule has 0 aliphatic heterocycles. The second-order valence-electron chi connectivity index (χ2n) is 8.30. The van der Waals surface area contributed by atoms with Crippen LogP contribution in [0.5, 0.6) is 0 Å². The maximum atomic E-state index is 12.4. The third kappa shape index (κ3) is 3.65. The van der Waals surface area contributed by atoms with Gasteiger partial charge in [0, 0.05) is 24.4 Å². The zero-order valence-electron chi connectivity index (χ0n) is 15.6. The summed E-state index contributed by atoms with van der Waals surface area (Å²) in [7, 11) is 0. The number of rotatable bonds is 6. The molecule has 1 amide bonds. The lowest BCUT2D eigenvalue weighted by Crippen LogP contribution is -2.59. The molecule has 1 aromatic rings. The number of carbonyl (C=O) groups is 1. The zero-order chi connectivity index (χ0) is 19.0. The molecule has 4 fully saturated rings. The van der Waals surface area contributed by atoms with Gasteiger partial charge in [0.05, 0.1) is 10.5 Å². The molecule has 7 heteroatoms. The highest BCUT2D eigenvalue weighted by Crippen LogP contribution is 2.58. The van der Waals surface area contributed by atoms with E-state index in [2.05, 4.69) is 12.2 Å². The summed E-state index contributed by atoms with van der Waals surface area (Å²) in [6.07, 6.45) is 5.83. The van der Waals surface area contributed by atoms with E-state index in [1.165, 1.54) is 24.3 Å². The Hall–Kier alpha value is -2.15. The van der Waals surface area contributed by atoms with Crippen molar-refractivity contribution < 1.29 is 19.2 Å². The molecule has 0 saturated heterocycles. The average molecular weight is 374 g/mol. The second-order valence-corrected chi connectivity index (χ2v) is 8.30. The van der Waals surface area contributed by atoms with Gasteiger partial charge < -0.3 is 9.47 Å². The molecule has 1 N–H and O–H groups in total. The van der Waals surface area contributed by atoms with Gasteiger partial charge in [-0.15, -0.1) is 0 Å². The third-order valence-electron chi connectivity index (χ3n) is 6.31. The van der Waals surface area contributed by atoms with E-state index < -0.39 is 11.0 Å². The van der Waals surface area contributed by atoms with Crippen LogP contribution in [-0.2, 0) is 9.47 Å². The SMILES string of the molecule is CCCOC12CC3CC(C1)C(OC(=O)Nc1ccc([N+](=O)[O-])cc1)C(C3)C2. The average Bonchev–Trinajstić information content (AvgIpc) is 2.63. The Kier molecular flexibility index (Phi) is 4.80. The van der Waals surface area contributed by atoms with E-state index in [0.717, 1.165) is 45.1 Å². The number of nitro groups is 1. The van der Waals surface area contributed by atoms with Crippen LogP contribution in [0.4, 0.5) is 16.2 Å².